The maximum Gasteiger partial charge on any atom is 0.187 e. The number of aromatic nitrogens is 7. The Morgan fingerprint density at radius 1 is 1.00 bits per heavy atom. The molecule has 0 saturated carbocycles. The summed E-state index contributed by atoms with van der Waals surface area (Å²) in [5.74, 6) is 1.34. The third-order valence-corrected chi connectivity index (χ3v) is 3.84. The van der Waals surface area contributed by atoms with Crippen molar-refractivity contribution in [3.8, 4) is 5.82 Å². The lowest BCUT2D eigenvalue weighted by atomic mass is 10.2. The second-order valence-corrected chi connectivity index (χ2v) is 5.84. The van der Waals surface area contributed by atoms with Gasteiger partial charge in [-0.25, -0.2) is 19.3 Å². The highest BCUT2D eigenvalue weighted by Crippen LogP contribution is 2.19. The topological polar surface area (TPSA) is 74.3 Å². The molecule has 0 atom stereocenters. The van der Waals surface area contributed by atoms with Crippen LogP contribution in [0, 0.1) is 20.8 Å². The Morgan fingerprint density at radius 2 is 1.79 bits per heavy atom. The van der Waals surface area contributed by atoms with Crippen LogP contribution in [0.2, 0.25) is 0 Å². The molecule has 3 heterocycles. The minimum atomic E-state index is 0.615. The van der Waals surface area contributed by atoms with Gasteiger partial charge in [-0.3, -0.25) is 0 Å². The van der Waals surface area contributed by atoms with Gasteiger partial charge in [0, 0.05) is 5.69 Å². The van der Waals surface area contributed by atoms with Gasteiger partial charge in [-0.05, 0) is 32.4 Å². The van der Waals surface area contributed by atoms with Crippen LogP contribution in [-0.2, 0) is 6.54 Å². The van der Waals surface area contributed by atoms with Crippen molar-refractivity contribution < 1.29 is 0 Å². The minimum Gasteiger partial charge on any atom is -0.222 e. The van der Waals surface area contributed by atoms with E-state index >= 15 is 0 Å². The molecule has 0 aliphatic heterocycles. The summed E-state index contributed by atoms with van der Waals surface area (Å²) in [6.45, 7) is 6.44. The van der Waals surface area contributed by atoms with Gasteiger partial charge in [0.1, 0.15) is 5.82 Å². The van der Waals surface area contributed by atoms with Gasteiger partial charge in [-0.1, -0.05) is 35.5 Å². The first kappa shape index (κ1) is 14.5. The number of rotatable bonds is 3. The van der Waals surface area contributed by atoms with E-state index in [0.717, 1.165) is 17.0 Å². The molecule has 0 saturated heterocycles. The van der Waals surface area contributed by atoms with Crippen LogP contribution in [-0.4, -0.2) is 34.7 Å². The molecule has 3 aromatic heterocycles. The summed E-state index contributed by atoms with van der Waals surface area (Å²) >= 11 is 0. The van der Waals surface area contributed by atoms with E-state index in [1.165, 1.54) is 0 Å². The van der Waals surface area contributed by atoms with Crippen molar-refractivity contribution in [2.75, 3.05) is 0 Å². The number of hydrogen-bond donors (Lipinski definition) is 0. The van der Waals surface area contributed by atoms with E-state index in [0.29, 0.717) is 29.4 Å². The first-order valence-corrected chi connectivity index (χ1v) is 7.77. The van der Waals surface area contributed by atoms with Gasteiger partial charge in [0.05, 0.1) is 12.2 Å². The van der Waals surface area contributed by atoms with E-state index in [2.05, 4.69) is 37.5 Å². The molecule has 7 heteroatoms. The van der Waals surface area contributed by atoms with Crippen LogP contribution >= 0.6 is 0 Å². The Bertz CT molecular complexity index is 1010. The molecule has 7 nitrogen and oxygen atoms in total. The molecule has 0 radical (unpaired) electrons. The fourth-order valence-corrected chi connectivity index (χ4v) is 2.80. The zero-order valence-electron chi connectivity index (χ0n) is 13.8. The summed E-state index contributed by atoms with van der Waals surface area (Å²) in [6, 6.07) is 12.1. The molecule has 0 aliphatic rings. The van der Waals surface area contributed by atoms with E-state index < -0.39 is 0 Å². The quantitative estimate of drug-likeness (QED) is 0.579. The second kappa shape index (κ2) is 5.52. The standard InChI is InChI=1S/C17H17N7/c1-11-9-12(2)24(21-11)17-15-16(18-13(3)19-17)23(22-20-15)10-14-7-5-4-6-8-14/h4-9H,10H2,1-3H3. The highest BCUT2D eigenvalue weighted by Gasteiger charge is 2.17. The Balaban J connectivity index is 1.87. The zero-order chi connectivity index (χ0) is 16.7. The normalized spacial score (nSPS) is 11.3. The fourth-order valence-electron chi connectivity index (χ4n) is 2.80. The fraction of sp³-hybridized carbons (Fsp3) is 0.235. The molecule has 0 unspecified atom stereocenters. The average Bonchev–Trinajstić information content (AvgIpc) is 3.11. The Labute approximate surface area is 139 Å². The van der Waals surface area contributed by atoms with Gasteiger partial charge in [-0.15, -0.1) is 5.10 Å². The number of fused-ring (bicyclic) bond motifs is 1. The van der Waals surface area contributed by atoms with Gasteiger partial charge in [-0.2, -0.15) is 5.10 Å². The number of benzene rings is 1. The van der Waals surface area contributed by atoms with Crippen LogP contribution in [0.5, 0.6) is 0 Å². The van der Waals surface area contributed by atoms with Crippen molar-refractivity contribution in [1.29, 1.82) is 0 Å². The molecular weight excluding hydrogens is 302 g/mol. The van der Waals surface area contributed by atoms with Crippen LogP contribution < -0.4 is 0 Å². The van der Waals surface area contributed by atoms with Gasteiger partial charge < -0.3 is 0 Å². The number of aryl methyl sites for hydroxylation is 3. The zero-order valence-corrected chi connectivity index (χ0v) is 13.8. The molecular formula is C17H17N7. The van der Waals surface area contributed by atoms with Gasteiger partial charge in [0.2, 0.25) is 0 Å². The molecule has 0 fully saturated rings. The average molecular weight is 319 g/mol. The molecule has 1 aromatic carbocycles. The maximum absolute atomic E-state index is 4.54. The molecule has 120 valence electrons. The molecule has 0 bridgehead atoms. The molecule has 24 heavy (non-hydrogen) atoms. The Kier molecular flexibility index (Phi) is 3.34. The Morgan fingerprint density at radius 3 is 2.50 bits per heavy atom. The summed E-state index contributed by atoms with van der Waals surface area (Å²) in [5, 5.41) is 13.1. The van der Waals surface area contributed by atoms with E-state index in [-0.39, 0.29) is 0 Å². The van der Waals surface area contributed by atoms with E-state index in [1.54, 1.807) is 9.36 Å². The van der Waals surface area contributed by atoms with Gasteiger partial charge in [0.15, 0.2) is 17.0 Å². The Hall–Kier alpha value is -3.09. The third kappa shape index (κ3) is 2.44. The SMILES string of the molecule is Cc1cc(C)n(-c2nc(C)nc3c2nnn3Cc2ccccc2)n1. The summed E-state index contributed by atoms with van der Waals surface area (Å²) in [7, 11) is 0. The van der Waals surface area contributed by atoms with Crippen molar-refractivity contribution in [3.05, 3.63) is 59.2 Å². The number of hydrogen-bond acceptors (Lipinski definition) is 5. The molecule has 0 amide bonds. The van der Waals surface area contributed by atoms with Crippen LogP contribution in [0.25, 0.3) is 17.0 Å². The van der Waals surface area contributed by atoms with Crippen LogP contribution in [0.3, 0.4) is 0 Å². The summed E-state index contributed by atoms with van der Waals surface area (Å²) in [4.78, 5) is 9.08. The summed E-state index contributed by atoms with van der Waals surface area (Å²) in [6.07, 6.45) is 0. The lowest BCUT2D eigenvalue weighted by molar-refractivity contribution is 0.663. The lowest BCUT2D eigenvalue weighted by Gasteiger charge is -2.06. The number of nitrogens with zero attached hydrogens (tertiary/aromatic N) is 7. The van der Waals surface area contributed by atoms with Crippen molar-refractivity contribution in [2.24, 2.45) is 0 Å². The molecule has 0 aliphatic carbocycles. The van der Waals surface area contributed by atoms with Crippen LogP contribution in [0.4, 0.5) is 0 Å². The summed E-state index contributed by atoms with van der Waals surface area (Å²) < 4.78 is 3.60. The van der Waals surface area contributed by atoms with E-state index in [4.69, 9.17) is 0 Å². The predicted molar refractivity (Wildman–Crippen MR) is 90.0 cm³/mol. The monoisotopic (exact) mass is 319 g/mol. The van der Waals surface area contributed by atoms with Gasteiger partial charge >= 0.3 is 0 Å². The van der Waals surface area contributed by atoms with Gasteiger partial charge in [0.25, 0.3) is 0 Å². The van der Waals surface area contributed by atoms with E-state index in [9.17, 15) is 0 Å². The van der Waals surface area contributed by atoms with Crippen molar-refractivity contribution >= 4 is 11.2 Å². The first-order chi connectivity index (χ1) is 11.6. The first-order valence-electron chi connectivity index (χ1n) is 7.77. The highest BCUT2D eigenvalue weighted by atomic mass is 15.5. The van der Waals surface area contributed by atoms with Crippen LogP contribution in [0.1, 0.15) is 22.8 Å². The molecule has 4 rings (SSSR count). The lowest BCUT2D eigenvalue weighted by Crippen LogP contribution is -2.07. The van der Waals surface area contributed by atoms with Crippen LogP contribution in [0.15, 0.2) is 36.4 Å². The molecule has 0 spiro atoms. The second-order valence-electron chi connectivity index (χ2n) is 5.84. The molecule has 4 aromatic rings. The third-order valence-electron chi connectivity index (χ3n) is 3.84. The smallest absolute Gasteiger partial charge is 0.187 e. The largest absolute Gasteiger partial charge is 0.222 e. The van der Waals surface area contributed by atoms with E-state index in [1.807, 2.05) is 45.0 Å². The van der Waals surface area contributed by atoms with Crippen molar-refractivity contribution in [3.63, 3.8) is 0 Å². The highest BCUT2D eigenvalue weighted by molar-refractivity contribution is 5.77. The molecule has 0 N–H and O–H groups in total. The maximum atomic E-state index is 4.54. The summed E-state index contributed by atoms with van der Waals surface area (Å²) in [5.41, 5.74) is 4.46. The predicted octanol–water partition coefficient (Wildman–Crippen LogP) is 2.38. The van der Waals surface area contributed by atoms with Crippen molar-refractivity contribution in [2.45, 2.75) is 27.3 Å². The van der Waals surface area contributed by atoms with Crippen molar-refractivity contribution in [1.82, 2.24) is 34.7 Å². The minimum absolute atomic E-state index is 0.615.